The highest BCUT2D eigenvalue weighted by Gasteiger charge is 2.57. The third kappa shape index (κ3) is 9.10. The molecule has 0 bridgehead atoms. The molecule has 294 valence electrons. The second-order valence-electron chi connectivity index (χ2n) is 15.3. The van der Waals surface area contributed by atoms with Gasteiger partial charge in [-0.05, 0) is 45.3 Å². The first-order valence-corrected chi connectivity index (χ1v) is 21.8. The molecule has 1 unspecified atom stereocenters. The zero-order chi connectivity index (χ0) is 39.1. The second-order valence-corrected chi connectivity index (χ2v) is 21.8. The lowest BCUT2D eigenvalue weighted by Gasteiger charge is -2.37. The van der Waals surface area contributed by atoms with Gasteiger partial charge in [-0.25, -0.2) is 14.2 Å². The van der Waals surface area contributed by atoms with Crippen LogP contribution < -0.4 is 22.5 Å². The van der Waals surface area contributed by atoms with Crippen LogP contribution in [-0.4, -0.2) is 83.5 Å². The minimum absolute atomic E-state index is 0.0295. The highest BCUT2D eigenvalue weighted by molar-refractivity contribution is 7.48. The molecular weight excluding hydrogens is 731 g/mol. The van der Waals surface area contributed by atoms with E-state index in [1.807, 2.05) is 0 Å². The summed E-state index contributed by atoms with van der Waals surface area (Å²) >= 11 is 0. The van der Waals surface area contributed by atoms with Crippen molar-refractivity contribution < 1.29 is 41.5 Å². The average Bonchev–Trinajstić information content (AvgIpc) is 3.70. The van der Waals surface area contributed by atoms with Crippen LogP contribution in [0, 0.1) is 6.92 Å². The number of phosphoric ester groups is 1. The van der Waals surface area contributed by atoms with Crippen LogP contribution >= 0.6 is 7.82 Å². The molecule has 2 aromatic heterocycles. The summed E-state index contributed by atoms with van der Waals surface area (Å²) in [4.78, 5) is 54.9. The fourth-order valence-electron chi connectivity index (χ4n) is 6.05. The number of ether oxygens (including phenoxy) is 4. The summed E-state index contributed by atoms with van der Waals surface area (Å²) in [5.41, 5.74) is -1.88. The van der Waals surface area contributed by atoms with Crippen molar-refractivity contribution in [3.8, 4) is 0 Å². The van der Waals surface area contributed by atoms with Crippen molar-refractivity contribution in [3.05, 3.63) is 90.5 Å². The minimum Gasteiger partial charge on any atom is -0.414 e. The van der Waals surface area contributed by atoms with Gasteiger partial charge < -0.3 is 23.4 Å². The number of rotatable bonds is 15. The van der Waals surface area contributed by atoms with E-state index < -0.39 is 87.4 Å². The van der Waals surface area contributed by atoms with Crippen LogP contribution in [0.5, 0.6) is 0 Å². The molecule has 0 aliphatic carbocycles. The van der Waals surface area contributed by atoms with Crippen LogP contribution in [0.1, 0.15) is 64.6 Å². The molecule has 0 aromatic carbocycles. The van der Waals surface area contributed by atoms with Gasteiger partial charge in [0.1, 0.15) is 36.7 Å². The Kier molecular flexibility index (Phi) is 12.1. The number of H-pyrrole nitrogens is 2. The highest BCUT2D eigenvalue weighted by Crippen LogP contribution is 2.54. The molecule has 0 radical (unpaired) electrons. The Morgan fingerprint density at radius 1 is 0.943 bits per heavy atom. The molecule has 5 rings (SSSR count). The van der Waals surface area contributed by atoms with Crippen LogP contribution in [0.25, 0.3) is 0 Å². The molecule has 2 aromatic rings. The van der Waals surface area contributed by atoms with Crippen molar-refractivity contribution in [2.75, 3.05) is 19.8 Å². The number of aryl methyl sites for hydroxylation is 1. The summed E-state index contributed by atoms with van der Waals surface area (Å²) in [5.74, 6) is -1.07. The fraction of sp³-hybridized carbons (Fsp3) is 0.647. The summed E-state index contributed by atoms with van der Waals surface area (Å²) < 4.78 is 65.9. The number of aromatic amines is 2. The Morgan fingerprint density at radius 3 is 2.26 bits per heavy atom. The Labute approximate surface area is 307 Å². The summed E-state index contributed by atoms with van der Waals surface area (Å²) in [6.45, 7) is 22.2. The van der Waals surface area contributed by atoms with E-state index in [2.05, 4.69) is 57.0 Å². The third-order valence-corrected chi connectivity index (χ3v) is 15.8. The first kappa shape index (κ1) is 41.1. The number of allylic oxidation sites excluding steroid dienone is 1. The highest BCUT2D eigenvalue weighted by atomic mass is 31.2. The number of phosphoric acid groups is 1. The topological polar surface area (TPSA) is 201 Å². The molecule has 3 aliphatic rings. The molecule has 2 N–H and O–H groups in total. The van der Waals surface area contributed by atoms with Crippen LogP contribution in [0.3, 0.4) is 0 Å². The normalized spacial score (nSPS) is 28.1. The summed E-state index contributed by atoms with van der Waals surface area (Å²) in [7, 11) is -6.76. The smallest absolute Gasteiger partial charge is 0.414 e. The van der Waals surface area contributed by atoms with Gasteiger partial charge in [-0.3, -0.25) is 42.3 Å². The van der Waals surface area contributed by atoms with Gasteiger partial charge in [-0.15, -0.1) is 13.2 Å². The lowest BCUT2D eigenvalue weighted by Crippen LogP contribution is -2.44. The zero-order valence-corrected chi connectivity index (χ0v) is 33.3. The predicted octanol–water partition coefficient (Wildman–Crippen LogP) is 3.56. The largest absolute Gasteiger partial charge is 0.475 e. The Hall–Kier alpha value is -3.03. The van der Waals surface area contributed by atoms with Crippen molar-refractivity contribution in [1.29, 1.82) is 0 Å². The van der Waals surface area contributed by atoms with E-state index in [4.69, 9.17) is 36.9 Å². The van der Waals surface area contributed by atoms with Crippen LogP contribution in [0.2, 0.25) is 18.1 Å². The number of nitrogens with zero attached hydrogens (tertiary/aromatic N) is 2. The van der Waals surface area contributed by atoms with E-state index in [-0.39, 0.29) is 43.3 Å². The van der Waals surface area contributed by atoms with Crippen molar-refractivity contribution in [3.63, 3.8) is 0 Å². The Morgan fingerprint density at radius 2 is 1.60 bits per heavy atom. The minimum atomic E-state index is -4.46. The number of fused-ring (bicyclic) bond motifs is 1. The van der Waals surface area contributed by atoms with E-state index >= 15 is 0 Å². The molecule has 3 aliphatic heterocycles. The SMILES string of the molecule is C=CCOP(=O)(OC[C@H]1O[C@@H](n2cc(CC=C)c(=O)[nH]c2=O)[C@@H]2OC(C)(C)O[C@@H]21)O[C@H]1C[C@H](n2cc(C)c(=O)[nH]c2=O)O[C@@H]1CO[Si](C)(C)C(C)(C)C. The molecule has 0 spiro atoms. The maximum atomic E-state index is 14.4. The molecule has 3 fully saturated rings. The van der Waals surface area contributed by atoms with Crippen molar-refractivity contribution >= 4 is 16.1 Å². The number of hydrogen-bond donors (Lipinski definition) is 2. The molecule has 19 heteroatoms. The fourth-order valence-corrected chi connectivity index (χ4v) is 8.43. The number of hydrogen-bond acceptors (Lipinski definition) is 13. The van der Waals surface area contributed by atoms with E-state index in [0.29, 0.717) is 5.56 Å². The van der Waals surface area contributed by atoms with Gasteiger partial charge in [-0.2, -0.15) is 0 Å². The Bertz CT molecular complexity index is 1960. The lowest BCUT2D eigenvalue weighted by atomic mass is 10.1. The molecule has 8 atom stereocenters. The van der Waals surface area contributed by atoms with Crippen LogP contribution in [0.15, 0.2) is 56.9 Å². The quantitative estimate of drug-likeness (QED) is 0.151. The zero-order valence-electron chi connectivity index (χ0n) is 31.4. The first-order valence-electron chi connectivity index (χ1n) is 17.4. The third-order valence-electron chi connectivity index (χ3n) is 9.87. The molecule has 3 saturated heterocycles. The van der Waals surface area contributed by atoms with E-state index in [1.54, 1.807) is 20.8 Å². The Balaban J connectivity index is 1.41. The van der Waals surface area contributed by atoms with Crippen LogP contribution in [-0.2, 0) is 47.9 Å². The standard InChI is InChI=1S/C34H51N4O13PSi/c1-11-13-21-17-38(32(42)36-29(21)40)30-27-26(49-34(7,8)50-27)24(48-30)18-45-52(43,44-14-12-2)51-22-15-25(37-16-20(3)28(39)35-31(37)41)47-23(22)19-46-53(9,10)33(4,5)6/h11-12,16-17,22-27,30H,1-2,13-15,18-19H2,3-10H3,(H,35,39,41)(H,36,40,42)/t22-,23+,24+,25+,26+,27+,30+,52?/m0/s1. The van der Waals surface area contributed by atoms with Gasteiger partial charge in [0.05, 0.1) is 19.8 Å². The maximum Gasteiger partial charge on any atom is 0.475 e. The first-order chi connectivity index (χ1) is 24.7. The second kappa shape index (κ2) is 15.6. The van der Waals surface area contributed by atoms with E-state index in [1.165, 1.54) is 33.7 Å². The molecule has 0 amide bonds. The molecule has 5 heterocycles. The van der Waals surface area contributed by atoms with Crippen molar-refractivity contribution in [2.45, 2.75) is 121 Å². The van der Waals surface area contributed by atoms with Crippen molar-refractivity contribution in [2.24, 2.45) is 0 Å². The maximum absolute atomic E-state index is 14.4. The monoisotopic (exact) mass is 782 g/mol. The summed E-state index contributed by atoms with van der Waals surface area (Å²) in [5, 5.41) is -0.134. The van der Waals surface area contributed by atoms with Gasteiger partial charge in [-0.1, -0.05) is 32.9 Å². The van der Waals surface area contributed by atoms with Gasteiger partial charge in [0, 0.05) is 29.9 Å². The number of aromatic nitrogens is 4. The van der Waals surface area contributed by atoms with Gasteiger partial charge in [0.25, 0.3) is 11.1 Å². The van der Waals surface area contributed by atoms with Gasteiger partial charge >= 0.3 is 19.2 Å². The van der Waals surface area contributed by atoms with E-state index in [0.717, 1.165) is 0 Å². The molecule has 53 heavy (non-hydrogen) atoms. The molecule has 0 saturated carbocycles. The number of nitrogens with one attached hydrogen (secondary N) is 2. The van der Waals surface area contributed by atoms with Gasteiger partial charge in [0.2, 0.25) is 0 Å². The predicted molar refractivity (Wildman–Crippen MR) is 195 cm³/mol. The summed E-state index contributed by atoms with van der Waals surface area (Å²) in [6.07, 6.45) is -0.330. The van der Waals surface area contributed by atoms with Gasteiger partial charge in [0.15, 0.2) is 20.3 Å². The average molecular weight is 783 g/mol. The van der Waals surface area contributed by atoms with Crippen molar-refractivity contribution in [1.82, 2.24) is 19.1 Å². The molecule has 17 nitrogen and oxygen atoms in total. The van der Waals surface area contributed by atoms with Crippen LogP contribution in [0.4, 0.5) is 0 Å². The lowest BCUT2D eigenvalue weighted by molar-refractivity contribution is -0.200. The van der Waals surface area contributed by atoms with E-state index in [9.17, 15) is 23.7 Å². The molecular formula is C34H51N4O13PSi. The summed E-state index contributed by atoms with van der Waals surface area (Å²) in [6, 6.07) is 0.